The summed E-state index contributed by atoms with van der Waals surface area (Å²) in [4.78, 5) is 33.0. The predicted molar refractivity (Wildman–Crippen MR) is 104 cm³/mol. The molecule has 7 nitrogen and oxygen atoms in total. The number of thiophene rings is 1. The largest absolute Gasteiger partial charge is 0.309 e. The van der Waals surface area contributed by atoms with Crippen molar-refractivity contribution in [1.82, 2.24) is 20.2 Å². The second kappa shape index (κ2) is 7.63. The van der Waals surface area contributed by atoms with E-state index in [0.717, 1.165) is 14.7 Å². The quantitative estimate of drug-likeness (QED) is 0.665. The van der Waals surface area contributed by atoms with Gasteiger partial charge in [0.15, 0.2) is 0 Å². The van der Waals surface area contributed by atoms with Crippen molar-refractivity contribution in [3.8, 4) is 0 Å². The van der Waals surface area contributed by atoms with E-state index in [4.69, 9.17) is 0 Å². The Balaban J connectivity index is 1.55. The number of aromatic nitrogens is 4. The molecule has 0 atom stereocenters. The van der Waals surface area contributed by atoms with Gasteiger partial charge in [-0.25, -0.2) is 4.98 Å². The average molecular weight is 396 g/mol. The molecule has 0 bridgehead atoms. The van der Waals surface area contributed by atoms with Gasteiger partial charge in [0, 0.05) is 10.8 Å². The van der Waals surface area contributed by atoms with Crippen molar-refractivity contribution in [2.75, 3.05) is 11.1 Å². The van der Waals surface area contributed by atoms with Gasteiger partial charge in [-0.1, -0.05) is 25.2 Å². The number of thioether (sulfide) groups is 1. The van der Waals surface area contributed by atoms with Crippen LogP contribution in [0.5, 0.6) is 0 Å². The first-order valence-corrected chi connectivity index (χ1v) is 10.4. The lowest BCUT2D eigenvalue weighted by Crippen LogP contribution is -2.15. The fraction of sp³-hybridized carbons (Fsp3) is 0.400. The zero-order valence-electron chi connectivity index (χ0n) is 14.0. The lowest BCUT2D eigenvalue weighted by molar-refractivity contribution is -0.113. The van der Waals surface area contributed by atoms with Crippen LogP contribution >= 0.6 is 34.4 Å². The lowest BCUT2D eigenvalue weighted by Gasteiger charge is -2.02. The van der Waals surface area contributed by atoms with Crippen molar-refractivity contribution in [3.63, 3.8) is 0 Å². The van der Waals surface area contributed by atoms with E-state index in [1.807, 2.05) is 26.8 Å². The minimum absolute atomic E-state index is 0.135. The highest BCUT2D eigenvalue weighted by molar-refractivity contribution is 7.99. The van der Waals surface area contributed by atoms with Crippen molar-refractivity contribution >= 4 is 55.7 Å². The van der Waals surface area contributed by atoms with Crippen molar-refractivity contribution in [1.29, 1.82) is 0 Å². The van der Waals surface area contributed by atoms with Crippen LogP contribution in [0.3, 0.4) is 0 Å². The maximum atomic E-state index is 12.0. The van der Waals surface area contributed by atoms with Gasteiger partial charge in [0.05, 0.1) is 16.9 Å². The van der Waals surface area contributed by atoms with Gasteiger partial charge < -0.3 is 4.98 Å². The first kappa shape index (κ1) is 18.0. The predicted octanol–water partition coefficient (Wildman–Crippen LogP) is 3.14. The van der Waals surface area contributed by atoms with E-state index in [-0.39, 0.29) is 23.1 Å². The van der Waals surface area contributed by atoms with Gasteiger partial charge in [0.25, 0.3) is 5.56 Å². The molecule has 0 aliphatic rings. The number of carbonyl (C=O) groups is 1. The number of aryl methyl sites for hydroxylation is 1. The Bertz CT molecular complexity index is 960. The van der Waals surface area contributed by atoms with E-state index in [0.29, 0.717) is 22.1 Å². The second-order valence-corrected chi connectivity index (χ2v) is 8.96. The van der Waals surface area contributed by atoms with Crippen LogP contribution in [-0.4, -0.2) is 31.8 Å². The van der Waals surface area contributed by atoms with Crippen LogP contribution in [0.1, 0.15) is 35.5 Å². The summed E-state index contributed by atoms with van der Waals surface area (Å²) in [5.41, 5.74) is -0.135. The van der Waals surface area contributed by atoms with E-state index in [9.17, 15) is 9.59 Å². The Morgan fingerprint density at radius 3 is 2.88 bits per heavy atom. The second-order valence-electron chi connectivity index (χ2n) is 5.73. The molecule has 3 aromatic rings. The van der Waals surface area contributed by atoms with E-state index in [1.54, 1.807) is 0 Å². The van der Waals surface area contributed by atoms with Crippen LogP contribution in [0.4, 0.5) is 5.13 Å². The molecule has 0 spiro atoms. The molecule has 132 valence electrons. The van der Waals surface area contributed by atoms with E-state index >= 15 is 0 Å². The van der Waals surface area contributed by atoms with Gasteiger partial charge in [-0.3, -0.25) is 14.9 Å². The first-order valence-electron chi connectivity index (χ1n) is 7.62. The summed E-state index contributed by atoms with van der Waals surface area (Å²) >= 11 is 4.26. The zero-order chi connectivity index (χ0) is 18.0. The molecule has 10 heteroatoms. The molecule has 3 aromatic heterocycles. The van der Waals surface area contributed by atoms with Gasteiger partial charge in [0.1, 0.15) is 15.7 Å². The summed E-state index contributed by atoms with van der Waals surface area (Å²) < 4.78 is 0. The molecule has 0 radical (unpaired) electrons. The van der Waals surface area contributed by atoms with Gasteiger partial charge in [0.2, 0.25) is 11.0 Å². The third-order valence-electron chi connectivity index (χ3n) is 3.23. The average Bonchev–Trinajstić information content (AvgIpc) is 3.13. The number of hydrogen-bond acceptors (Lipinski definition) is 8. The molecule has 2 N–H and O–H groups in total. The molecule has 0 saturated heterocycles. The highest BCUT2D eigenvalue weighted by Crippen LogP contribution is 2.23. The number of aromatic amines is 1. The number of nitrogens with zero attached hydrogens (tertiary/aromatic N) is 3. The standard InChI is InChI=1S/C15H17N5O2S3/c1-7(2)13-19-20-15(25-13)18-11(21)6-23-5-10-16-12(22)9-4-8(3)24-14(9)17-10/h4,7H,5-6H2,1-3H3,(H,16,17,22)(H,18,20,21). The molecule has 1 amide bonds. The topological polar surface area (TPSA) is 101 Å². The summed E-state index contributed by atoms with van der Waals surface area (Å²) in [5, 5.41) is 12.8. The maximum absolute atomic E-state index is 12.0. The van der Waals surface area contributed by atoms with Crippen LogP contribution in [0.15, 0.2) is 10.9 Å². The lowest BCUT2D eigenvalue weighted by atomic mass is 10.2. The molecular formula is C15H17N5O2S3. The summed E-state index contributed by atoms with van der Waals surface area (Å²) in [7, 11) is 0. The number of hydrogen-bond donors (Lipinski definition) is 2. The van der Waals surface area contributed by atoms with Crippen molar-refractivity contribution in [2.24, 2.45) is 0 Å². The van der Waals surface area contributed by atoms with Gasteiger partial charge >= 0.3 is 0 Å². The van der Waals surface area contributed by atoms with Crippen LogP contribution in [-0.2, 0) is 10.5 Å². The maximum Gasteiger partial charge on any atom is 0.259 e. The summed E-state index contributed by atoms with van der Waals surface area (Å²) in [6.07, 6.45) is 0. The number of nitrogens with one attached hydrogen (secondary N) is 2. The number of fused-ring (bicyclic) bond motifs is 1. The number of carbonyl (C=O) groups excluding carboxylic acids is 1. The summed E-state index contributed by atoms with van der Waals surface area (Å²) in [5.74, 6) is 1.43. The molecule has 0 aliphatic heterocycles. The Morgan fingerprint density at radius 1 is 1.36 bits per heavy atom. The fourth-order valence-corrected chi connectivity index (χ4v) is 4.43. The third-order valence-corrected chi connectivity index (χ3v) is 6.25. The van der Waals surface area contributed by atoms with Crippen LogP contribution in [0, 0.1) is 6.92 Å². The summed E-state index contributed by atoms with van der Waals surface area (Å²) in [6, 6.07) is 1.84. The Morgan fingerprint density at radius 2 is 2.16 bits per heavy atom. The van der Waals surface area contributed by atoms with Gasteiger partial charge in [-0.05, 0) is 13.0 Å². The molecule has 3 rings (SSSR count). The van der Waals surface area contributed by atoms with E-state index in [2.05, 4.69) is 25.5 Å². The molecule has 0 saturated carbocycles. The van der Waals surface area contributed by atoms with Gasteiger partial charge in [-0.2, -0.15) is 0 Å². The van der Waals surface area contributed by atoms with Crippen molar-refractivity contribution < 1.29 is 4.79 Å². The van der Waals surface area contributed by atoms with Crippen LogP contribution in [0.25, 0.3) is 10.2 Å². The Labute approximate surface area is 156 Å². The van der Waals surface area contributed by atoms with E-state index in [1.165, 1.54) is 34.4 Å². The number of amides is 1. The third kappa shape index (κ3) is 4.44. The van der Waals surface area contributed by atoms with Gasteiger partial charge in [-0.15, -0.1) is 33.3 Å². The molecule has 3 heterocycles. The monoisotopic (exact) mass is 395 g/mol. The molecule has 0 aromatic carbocycles. The number of H-pyrrole nitrogens is 1. The SMILES string of the molecule is Cc1cc2c(=O)[nH]c(CSCC(=O)Nc3nnc(C(C)C)s3)nc2s1. The number of anilines is 1. The summed E-state index contributed by atoms with van der Waals surface area (Å²) in [6.45, 7) is 6.01. The smallest absolute Gasteiger partial charge is 0.259 e. The normalized spacial score (nSPS) is 11.4. The van der Waals surface area contributed by atoms with Crippen molar-refractivity contribution in [3.05, 3.63) is 32.1 Å². The molecule has 25 heavy (non-hydrogen) atoms. The highest BCUT2D eigenvalue weighted by atomic mass is 32.2. The van der Waals surface area contributed by atoms with Crippen LogP contribution in [0.2, 0.25) is 0 Å². The minimum atomic E-state index is -0.146. The zero-order valence-corrected chi connectivity index (χ0v) is 16.4. The molecular weight excluding hydrogens is 378 g/mol. The highest BCUT2D eigenvalue weighted by Gasteiger charge is 2.11. The van der Waals surface area contributed by atoms with Crippen molar-refractivity contribution in [2.45, 2.75) is 32.4 Å². The molecule has 0 fully saturated rings. The molecule has 0 unspecified atom stereocenters. The first-order chi connectivity index (χ1) is 11.9. The van der Waals surface area contributed by atoms with E-state index < -0.39 is 0 Å². The molecule has 0 aliphatic carbocycles. The minimum Gasteiger partial charge on any atom is -0.309 e. The van der Waals surface area contributed by atoms with Crippen LogP contribution < -0.4 is 10.9 Å². The fourth-order valence-electron chi connectivity index (χ4n) is 2.08. The Kier molecular flexibility index (Phi) is 5.50. The Hall–Kier alpha value is -1.78. The number of rotatable bonds is 6.